The normalized spacial score (nSPS) is 21.9. The van der Waals surface area contributed by atoms with E-state index in [1.165, 1.54) is 31.2 Å². The SMILES string of the molecule is O=C(NCC1CC1)[C@@H](C1CCCC1)N1CCN(C(=O)CCc2ccccc2)CC1. The Kier molecular flexibility index (Phi) is 6.86. The van der Waals surface area contributed by atoms with Gasteiger partial charge in [-0.1, -0.05) is 43.2 Å². The number of benzene rings is 1. The highest BCUT2D eigenvalue weighted by Gasteiger charge is 2.37. The molecule has 1 aromatic rings. The van der Waals surface area contributed by atoms with Crippen molar-refractivity contribution in [1.82, 2.24) is 15.1 Å². The topological polar surface area (TPSA) is 52.7 Å². The number of rotatable bonds is 8. The van der Waals surface area contributed by atoms with Crippen molar-refractivity contribution >= 4 is 11.8 Å². The molecule has 3 fully saturated rings. The van der Waals surface area contributed by atoms with Crippen LogP contribution in [0.1, 0.15) is 50.5 Å². The van der Waals surface area contributed by atoms with Crippen LogP contribution in [-0.2, 0) is 16.0 Å². The highest BCUT2D eigenvalue weighted by molar-refractivity contribution is 5.82. The van der Waals surface area contributed by atoms with Crippen molar-refractivity contribution in [2.24, 2.45) is 11.8 Å². The Morgan fingerprint density at radius 3 is 2.31 bits per heavy atom. The minimum absolute atomic E-state index is 0.00202. The summed E-state index contributed by atoms with van der Waals surface area (Å²) in [4.78, 5) is 30.0. The fraction of sp³-hybridized carbons (Fsp3) is 0.667. The fourth-order valence-corrected chi connectivity index (χ4v) is 4.93. The molecule has 1 aliphatic heterocycles. The number of carbonyl (C=O) groups is 2. The third-order valence-corrected chi connectivity index (χ3v) is 6.91. The van der Waals surface area contributed by atoms with Gasteiger partial charge in [-0.05, 0) is 49.5 Å². The zero-order valence-corrected chi connectivity index (χ0v) is 17.5. The Bertz CT molecular complexity index is 675. The Balaban J connectivity index is 1.28. The van der Waals surface area contributed by atoms with Gasteiger partial charge >= 0.3 is 0 Å². The highest BCUT2D eigenvalue weighted by atomic mass is 16.2. The van der Waals surface area contributed by atoms with Crippen LogP contribution in [0.2, 0.25) is 0 Å². The second-order valence-electron chi connectivity index (χ2n) is 9.08. The molecule has 5 heteroatoms. The zero-order valence-electron chi connectivity index (χ0n) is 17.5. The van der Waals surface area contributed by atoms with Gasteiger partial charge in [0.15, 0.2) is 0 Å². The van der Waals surface area contributed by atoms with Gasteiger partial charge in [0, 0.05) is 39.1 Å². The molecule has 2 amide bonds. The summed E-state index contributed by atoms with van der Waals surface area (Å²) < 4.78 is 0. The molecular formula is C24H35N3O2. The number of aryl methyl sites for hydroxylation is 1. The molecule has 0 aromatic heterocycles. The predicted octanol–water partition coefficient (Wildman–Crippen LogP) is 2.85. The van der Waals surface area contributed by atoms with E-state index in [4.69, 9.17) is 0 Å². The molecule has 5 nitrogen and oxygen atoms in total. The molecule has 1 N–H and O–H groups in total. The van der Waals surface area contributed by atoms with Gasteiger partial charge in [0.25, 0.3) is 0 Å². The van der Waals surface area contributed by atoms with Crippen molar-refractivity contribution in [3.8, 4) is 0 Å². The number of hydrogen-bond acceptors (Lipinski definition) is 3. The third-order valence-electron chi connectivity index (χ3n) is 6.91. The van der Waals surface area contributed by atoms with Gasteiger partial charge < -0.3 is 10.2 Å². The van der Waals surface area contributed by atoms with Crippen molar-refractivity contribution in [2.45, 2.75) is 57.4 Å². The standard InChI is InChI=1S/C24H35N3O2/c28-22(13-12-19-6-2-1-3-7-19)26-14-16-27(17-15-26)23(21-8-4-5-9-21)24(29)25-18-20-10-11-20/h1-3,6-7,20-21,23H,4-5,8-18H2,(H,25,29)/t23-/m1/s1. The Labute approximate surface area is 174 Å². The molecule has 2 aliphatic carbocycles. The van der Waals surface area contributed by atoms with Crippen molar-refractivity contribution < 1.29 is 9.59 Å². The van der Waals surface area contributed by atoms with Crippen molar-refractivity contribution in [3.63, 3.8) is 0 Å². The predicted molar refractivity (Wildman–Crippen MR) is 114 cm³/mol. The summed E-state index contributed by atoms with van der Waals surface area (Å²) in [6, 6.07) is 10.2. The summed E-state index contributed by atoms with van der Waals surface area (Å²) in [5.41, 5.74) is 1.22. The summed E-state index contributed by atoms with van der Waals surface area (Å²) in [7, 11) is 0. The minimum Gasteiger partial charge on any atom is -0.354 e. The smallest absolute Gasteiger partial charge is 0.237 e. The molecule has 0 bridgehead atoms. The largest absolute Gasteiger partial charge is 0.354 e. The molecule has 1 heterocycles. The van der Waals surface area contributed by atoms with E-state index in [9.17, 15) is 9.59 Å². The van der Waals surface area contributed by atoms with Crippen LogP contribution < -0.4 is 5.32 Å². The monoisotopic (exact) mass is 397 g/mol. The van der Waals surface area contributed by atoms with Crippen LogP contribution in [0, 0.1) is 11.8 Å². The van der Waals surface area contributed by atoms with E-state index in [1.807, 2.05) is 23.1 Å². The van der Waals surface area contributed by atoms with Gasteiger partial charge in [0.2, 0.25) is 11.8 Å². The lowest BCUT2D eigenvalue weighted by molar-refractivity contribution is -0.135. The highest BCUT2D eigenvalue weighted by Crippen LogP contribution is 2.32. The first-order valence-electron chi connectivity index (χ1n) is 11.5. The maximum absolute atomic E-state index is 13.0. The summed E-state index contributed by atoms with van der Waals surface area (Å²) in [6.07, 6.45) is 8.71. The van der Waals surface area contributed by atoms with E-state index >= 15 is 0 Å². The number of amides is 2. The zero-order chi connectivity index (χ0) is 20.1. The maximum Gasteiger partial charge on any atom is 0.237 e. The molecule has 1 aromatic carbocycles. The van der Waals surface area contributed by atoms with E-state index in [0.29, 0.717) is 18.3 Å². The van der Waals surface area contributed by atoms with Crippen LogP contribution >= 0.6 is 0 Å². The molecule has 1 saturated heterocycles. The van der Waals surface area contributed by atoms with Gasteiger partial charge in [0.1, 0.15) is 0 Å². The van der Waals surface area contributed by atoms with E-state index in [1.54, 1.807) is 0 Å². The fourth-order valence-electron chi connectivity index (χ4n) is 4.93. The lowest BCUT2D eigenvalue weighted by Gasteiger charge is -2.40. The van der Waals surface area contributed by atoms with E-state index in [0.717, 1.165) is 52.0 Å². The number of nitrogens with zero attached hydrogens (tertiary/aromatic N) is 2. The van der Waals surface area contributed by atoms with Crippen LogP contribution in [0.4, 0.5) is 0 Å². The molecule has 0 radical (unpaired) electrons. The van der Waals surface area contributed by atoms with E-state index < -0.39 is 0 Å². The van der Waals surface area contributed by atoms with Crippen molar-refractivity contribution in [2.75, 3.05) is 32.7 Å². The Hall–Kier alpha value is -1.88. The second kappa shape index (κ2) is 9.75. The van der Waals surface area contributed by atoms with Crippen LogP contribution in [-0.4, -0.2) is 60.4 Å². The Morgan fingerprint density at radius 2 is 1.66 bits per heavy atom. The molecule has 158 valence electrons. The second-order valence-corrected chi connectivity index (χ2v) is 9.08. The third kappa shape index (κ3) is 5.59. The van der Waals surface area contributed by atoms with Gasteiger partial charge in [-0.3, -0.25) is 14.5 Å². The summed E-state index contributed by atoms with van der Waals surface area (Å²) in [5.74, 6) is 1.66. The molecule has 3 aliphatic rings. The van der Waals surface area contributed by atoms with Crippen LogP contribution in [0.3, 0.4) is 0 Å². The first-order chi connectivity index (χ1) is 14.2. The van der Waals surface area contributed by atoms with Crippen molar-refractivity contribution in [3.05, 3.63) is 35.9 Å². The molecule has 29 heavy (non-hydrogen) atoms. The summed E-state index contributed by atoms with van der Waals surface area (Å²) in [6.45, 7) is 3.96. The molecule has 0 spiro atoms. The minimum atomic E-state index is -0.00202. The number of hydrogen-bond donors (Lipinski definition) is 1. The van der Waals surface area contributed by atoms with E-state index in [2.05, 4.69) is 22.3 Å². The van der Waals surface area contributed by atoms with Crippen LogP contribution in [0.15, 0.2) is 30.3 Å². The molecule has 2 saturated carbocycles. The van der Waals surface area contributed by atoms with Crippen molar-refractivity contribution in [1.29, 1.82) is 0 Å². The van der Waals surface area contributed by atoms with Gasteiger partial charge in [0.05, 0.1) is 6.04 Å². The van der Waals surface area contributed by atoms with E-state index in [-0.39, 0.29) is 17.9 Å². The first-order valence-corrected chi connectivity index (χ1v) is 11.5. The number of piperazine rings is 1. The quantitative estimate of drug-likeness (QED) is 0.734. The molecular weight excluding hydrogens is 362 g/mol. The maximum atomic E-state index is 13.0. The van der Waals surface area contributed by atoms with Gasteiger partial charge in [-0.25, -0.2) is 0 Å². The summed E-state index contributed by atoms with van der Waals surface area (Å²) in [5, 5.41) is 3.23. The van der Waals surface area contributed by atoms with Gasteiger partial charge in [-0.15, -0.1) is 0 Å². The lowest BCUT2D eigenvalue weighted by atomic mass is 9.95. The van der Waals surface area contributed by atoms with Gasteiger partial charge in [-0.2, -0.15) is 0 Å². The average molecular weight is 398 g/mol. The average Bonchev–Trinajstić information content (AvgIpc) is 3.45. The van der Waals surface area contributed by atoms with Crippen LogP contribution in [0.5, 0.6) is 0 Å². The molecule has 1 atom stereocenters. The number of carbonyl (C=O) groups excluding carboxylic acids is 2. The van der Waals surface area contributed by atoms with Crippen LogP contribution in [0.25, 0.3) is 0 Å². The Morgan fingerprint density at radius 1 is 0.966 bits per heavy atom. The summed E-state index contributed by atoms with van der Waals surface area (Å²) >= 11 is 0. The lowest BCUT2D eigenvalue weighted by Crippen LogP contribution is -2.58. The first kappa shape index (κ1) is 20.4. The molecule has 4 rings (SSSR count). The molecule has 0 unspecified atom stereocenters. The number of nitrogens with one attached hydrogen (secondary N) is 1.